The molecule has 1 unspecified atom stereocenters. The monoisotopic (exact) mass is 345 g/mol. The van der Waals surface area contributed by atoms with Crippen molar-refractivity contribution in [3.05, 3.63) is 42.2 Å². The van der Waals surface area contributed by atoms with Gasteiger partial charge >= 0.3 is 0 Å². The molecule has 6 heteroatoms. The lowest BCUT2D eigenvalue weighted by Gasteiger charge is -2.22. The number of nitrogens with zero attached hydrogens (tertiary/aromatic N) is 2. The highest BCUT2D eigenvalue weighted by molar-refractivity contribution is 5.76. The zero-order valence-electron chi connectivity index (χ0n) is 14.5. The summed E-state index contributed by atoms with van der Waals surface area (Å²) in [5.41, 5.74) is 0.769. The number of hydrogen-bond acceptors (Lipinski definition) is 4. The van der Waals surface area contributed by atoms with Crippen LogP contribution in [0, 0.1) is 5.82 Å². The van der Waals surface area contributed by atoms with E-state index in [0.29, 0.717) is 37.1 Å². The number of halogens is 1. The van der Waals surface area contributed by atoms with Gasteiger partial charge in [0.2, 0.25) is 5.91 Å². The number of carbonyl (C=O) groups is 1. The van der Waals surface area contributed by atoms with Crippen molar-refractivity contribution in [2.75, 3.05) is 19.6 Å². The first-order valence-corrected chi connectivity index (χ1v) is 8.87. The molecule has 1 atom stereocenters. The fourth-order valence-corrected chi connectivity index (χ4v) is 3.26. The van der Waals surface area contributed by atoms with E-state index in [1.165, 1.54) is 18.6 Å². The van der Waals surface area contributed by atoms with E-state index < -0.39 is 0 Å². The Morgan fingerprint density at radius 1 is 1.40 bits per heavy atom. The molecular weight excluding hydrogens is 321 g/mol. The predicted molar refractivity (Wildman–Crippen MR) is 93.5 cm³/mol. The number of likely N-dealkylation sites (tertiary alicyclic amines) is 1. The van der Waals surface area contributed by atoms with Crippen LogP contribution >= 0.6 is 0 Å². The molecule has 1 aromatic heterocycles. The summed E-state index contributed by atoms with van der Waals surface area (Å²) in [6.07, 6.45) is 4.77. The lowest BCUT2D eigenvalue weighted by atomic mass is 10.2. The van der Waals surface area contributed by atoms with Crippen LogP contribution in [-0.4, -0.2) is 41.5 Å². The van der Waals surface area contributed by atoms with Gasteiger partial charge < -0.3 is 9.73 Å². The number of aryl methyl sites for hydroxylation is 1. The molecule has 1 saturated heterocycles. The second-order valence-electron chi connectivity index (χ2n) is 6.35. The minimum Gasteiger partial charge on any atom is -0.441 e. The molecule has 25 heavy (non-hydrogen) atoms. The van der Waals surface area contributed by atoms with Crippen LogP contribution in [0.15, 0.2) is 34.9 Å². The molecule has 1 fully saturated rings. The van der Waals surface area contributed by atoms with Crippen molar-refractivity contribution in [1.29, 1.82) is 0 Å². The highest BCUT2D eigenvalue weighted by Gasteiger charge is 2.23. The standard InChI is InChI=1S/C19H24FN3O2/c1-2-23-11-3-4-16(23)12-21-18(24)9-10-19-22-13-17(25-19)14-5-7-15(20)8-6-14/h5-8,13,16H,2-4,9-12H2,1H3,(H,21,24). The third-order valence-electron chi connectivity index (χ3n) is 4.69. The van der Waals surface area contributed by atoms with E-state index in [4.69, 9.17) is 4.42 Å². The van der Waals surface area contributed by atoms with E-state index in [0.717, 1.165) is 25.1 Å². The van der Waals surface area contributed by atoms with E-state index in [9.17, 15) is 9.18 Å². The minimum atomic E-state index is -0.288. The van der Waals surface area contributed by atoms with Gasteiger partial charge in [-0.05, 0) is 50.2 Å². The maximum Gasteiger partial charge on any atom is 0.220 e. The summed E-state index contributed by atoms with van der Waals surface area (Å²) in [4.78, 5) is 18.6. The van der Waals surface area contributed by atoms with Crippen molar-refractivity contribution in [2.45, 2.75) is 38.6 Å². The molecule has 0 aliphatic carbocycles. The Balaban J connectivity index is 1.45. The number of nitrogens with one attached hydrogen (secondary N) is 1. The number of carbonyl (C=O) groups excluding carboxylic acids is 1. The number of likely N-dealkylation sites (N-methyl/N-ethyl adjacent to an activating group) is 1. The van der Waals surface area contributed by atoms with Gasteiger partial charge in [0.05, 0.1) is 6.20 Å². The van der Waals surface area contributed by atoms with Crippen molar-refractivity contribution < 1.29 is 13.6 Å². The Bertz CT molecular complexity index is 699. The molecule has 1 aliphatic heterocycles. The summed E-state index contributed by atoms with van der Waals surface area (Å²) in [5.74, 6) is 0.832. The van der Waals surface area contributed by atoms with E-state index in [1.54, 1.807) is 18.3 Å². The molecule has 0 radical (unpaired) electrons. The van der Waals surface area contributed by atoms with Crippen LogP contribution in [0.5, 0.6) is 0 Å². The third kappa shape index (κ3) is 4.66. The fourth-order valence-electron chi connectivity index (χ4n) is 3.26. The normalized spacial score (nSPS) is 17.8. The molecule has 1 aliphatic rings. The van der Waals surface area contributed by atoms with Gasteiger partial charge in [-0.25, -0.2) is 9.37 Å². The molecular formula is C19H24FN3O2. The van der Waals surface area contributed by atoms with Crippen molar-refractivity contribution in [1.82, 2.24) is 15.2 Å². The topological polar surface area (TPSA) is 58.4 Å². The molecule has 5 nitrogen and oxygen atoms in total. The Hall–Kier alpha value is -2.21. The van der Waals surface area contributed by atoms with Gasteiger partial charge in [0.1, 0.15) is 5.82 Å². The van der Waals surface area contributed by atoms with Crippen molar-refractivity contribution in [3.8, 4) is 11.3 Å². The van der Waals surface area contributed by atoms with Crippen LogP contribution in [0.1, 0.15) is 32.1 Å². The Morgan fingerprint density at radius 3 is 2.96 bits per heavy atom. The van der Waals surface area contributed by atoms with Crippen molar-refractivity contribution in [3.63, 3.8) is 0 Å². The molecule has 3 rings (SSSR count). The second kappa shape index (κ2) is 8.25. The number of hydrogen-bond donors (Lipinski definition) is 1. The average molecular weight is 345 g/mol. The first-order valence-electron chi connectivity index (χ1n) is 8.87. The Kier molecular flexibility index (Phi) is 5.81. The number of amides is 1. The zero-order valence-corrected chi connectivity index (χ0v) is 14.5. The maximum atomic E-state index is 13.0. The number of rotatable bonds is 7. The third-order valence-corrected chi connectivity index (χ3v) is 4.69. The fraction of sp³-hybridized carbons (Fsp3) is 0.474. The van der Waals surface area contributed by atoms with Gasteiger partial charge in [-0.1, -0.05) is 6.92 Å². The summed E-state index contributed by atoms with van der Waals surface area (Å²) in [7, 11) is 0. The second-order valence-corrected chi connectivity index (χ2v) is 6.35. The van der Waals surface area contributed by atoms with E-state index in [-0.39, 0.29) is 11.7 Å². The minimum absolute atomic E-state index is 0.0180. The Morgan fingerprint density at radius 2 is 2.20 bits per heavy atom. The first-order chi connectivity index (χ1) is 12.2. The molecule has 2 heterocycles. The van der Waals surface area contributed by atoms with Crippen LogP contribution in [0.3, 0.4) is 0 Å². The quantitative estimate of drug-likeness (QED) is 0.838. The van der Waals surface area contributed by atoms with Crippen LogP contribution < -0.4 is 5.32 Å². The zero-order chi connectivity index (χ0) is 17.6. The van der Waals surface area contributed by atoms with Gasteiger partial charge in [0, 0.05) is 31.0 Å². The van der Waals surface area contributed by atoms with Crippen LogP contribution in [0.2, 0.25) is 0 Å². The SMILES string of the molecule is CCN1CCCC1CNC(=O)CCc1ncc(-c2ccc(F)cc2)o1. The van der Waals surface area contributed by atoms with Crippen molar-refractivity contribution in [2.24, 2.45) is 0 Å². The van der Waals surface area contributed by atoms with Gasteiger partial charge in [0.15, 0.2) is 11.7 Å². The van der Waals surface area contributed by atoms with Gasteiger partial charge in [-0.2, -0.15) is 0 Å². The predicted octanol–water partition coefficient (Wildman–Crippen LogP) is 3.01. The summed E-state index contributed by atoms with van der Waals surface area (Å²) < 4.78 is 18.6. The van der Waals surface area contributed by atoms with E-state index in [1.807, 2.05) is 0 Å². The van der Waals surface area contributed by atoms with Crippen LogP contribution in [0.4, 0.5) is 4.39 Å². The summed E-state index contributed by atoms with van der Waals surface area (Å²) in [5, 5.41) is 3.01. The molecule has 2 aromatic rings. The van der Waals surface area contributed by atoms with E-state index >= 15 is 0 Å². The molecule has 1 N–H and O–H groups in total. The molecule has 0 bridgehead atoms. The lowest BCUT2D eigenvalue weighted by molar-refractivity contribution is -0.121. The largest absolute Gasteiger partial charge is 0.441 e. The first kappa shape index (κ1) is 17.6. The van der Waals surface area contributed by atoms with Crippen LogP contribution in [-0.2, 0) is 11.2 Å². The molecule has 1 aromatic carbocycles. The maximum absolute atomic E-state index is 13.0. The lowest BCUT2D eigenvalue weighted by Crippen LogP contribution is -2.40. The highest BCUT2D eigenvalue weighted by atomic mass is 19.1. The molecule has 0 spiro atoms. The number of oxazole rings is 1. The molecule has 0 saturated carbocycles. The number of aromatic nitrogens is 1. The number of benzene rings is 1. The van der Waals surface area contributed by atoms with Gasteiger partial charge in [-0.3, -0.25) is 9.69 Å². The molecule has 1 amide bonds. The molecule has 134 valence electrons. The average Bonchev–Trinajstić information content (AvgIpc) is 3.27. The Labute approximate surface area is 147 Å². The van der Waals surface area contributed by atoms with Gasteiger partial charge in [-0.15, -0.1) is 0 Å². The summed E-state index contributed by atoms with van der Waals surface area (Å²) >= 11 is 0. The van der Waals surface area contributed by atoms with E-state index in [2.05, 4.69) is 22.1 Å². The summed E-state index contributed by atoms with van der Waals surface area (Å²) in [6, 6.07) is 6.52. The smallest absolute Gasteiger partial charge is 0.220 e. The van der Waals surface area contributed by atoms with Crippen molar-refractivity contribution >= 4 is 5.91 Å². The van der Waals surface area contributed by atoms with Crippen LogP contribution in [0.25, 0.3) is 11.3 Å². The highest BCUT2D eigenvalue weighted by Crippen LogP contribution is 2.21. The summed E-state index contributed by atoms with van der Waals surface area (Å²) in [6.45, 7) is 5.02. The van der Waals surface area contributed by atoms with Gasteiger partial charge in [0.25, 0.3) is 0 Å².